The largest absolute Gasteiger partial charge is 0.444 e. The number of alkyl carbamates (subject to hydrolysis) is 1. The van der Waals surface area contributed by atoms with Crippen molar-refractivity contribution >= 4 is 29.5 Å². The molecule has 0 rings (SSSR count). The first kappa shape index (κ1) is 18.0. The van der Waals surface area contributed by atoms with Crippen LogP contribution in [0.4, 0.5) is 4.79 Å². The summed E-state index contributed by atoms with van der Waals surface area (Å²) in [5.41, 5.74) is -1.25. The smallest absolute Gasteiger partial charge is 0.408 e. The maximum atomic E-state index is 11.7. The third kappa shape index (κ3) is 8.67. The van der Waals surface area contributed by atoms with E-state index in [4.69, 9.17) is 17.0 Å². The summed E-state index contributed by atoms with van der Waals surface area (Å²) < 4.78 is 5.20. The molecule has 0 aromatic carbocycles. The van der Waals surface area contributed by atoms with E-state index in [2.05, 4.69) is 10.3 Å². The molecule has 0 radical (unpaired) electrons. The topological polar surface area (TPSA) is 53.9 Å². The van der Waals surface area contributed by atoms with E-state index in [-0.39, 0.29) is 0 Å². The van der Waals surface area contributed by atoms with Crippen LogP contribution in [0.1, 0.15) is 34.6 Å². The number of rotatable bonds is 4. The molecule has 0 aliphatic carbocycles. The number of thiocarbonyl (C=S) groups is 1. The summed E-state index contributed by atoms with van der Waals surface area (Å²) in [7, 11) is 3.89. The van der Waals surface area contributed by atoms with Crippen LogP contribution in [0.15, 0.2) is 4.99 Å². The Morgan fingerprint density at radius 1 is 1.32 bits per heavy atom. The molecule has 110 valence electrons. The van der Waals surface area contributed by atoms with Gasteiger partial charge in [0, 0.05) is 12.8 Å². The Labute approximate surface area is 121 Å². The van der Waals surface area contributed by atoms with Crippen LogP contribution in [-0.2, 0) is 4.74 Å². The summed E-state index contributed by atoms with van der Waals surface area (Å²) in [5.74, 6) is 0. The number of carbonyl (C=O) groups is 1. The monoisotopic (exact) mass is 287 g/mol. The highest BCUT2D eigenvalue weighted by Crippen LogP contribution is 2.11. The molecule has 6 heteroatoms. The highest BCUT2D eigenvalue weighted by atomic mass is 32.1. The quantitative estimate of drug-likeness (QED) is 0.636. The minimum absolute atomic E-state index is 0.417. The molecule has 0 heterocycles. The zero-order valence-electron chi connectivity index (χ0n) is 12.9. The number of carbonyl (C=O) groups excluding carboxylic acids is 1. The molecule has 0 unspecified atom stereocenters. The van der Waals surface area contributed by atoms with E-state index in [0.717, 1.165) is 0 Å². The Balaban J connectivity index is 4.49. The van der Waals surface area contributed by atoms with Crippen LogP contribution in [0.3, 0.4) is 0 Å². The van der Waals surface area contributed by atoms with Crippen molar-refractivity contribution in [3.8, 4) is 0 Å². The van der Waals surface area contributed by atoms with Crippen molar-refractivity contribution in [3.05, 3.63) is 0 Å². The van der Waals surface area contributed by atoms with E-state index < -0.39 is 17.2 Å². The van der Waals surface area contributed by atoms with Crippen LogP contribution in [0.2, 0.25) is 0 Å². The van der Waals surface area contributed by atoms with E-state index in [1.807, 2.05) is 39.8 Å². The molecule has 0 fully saturated rings. The average molecular weight is 287 g/mol. The van der Waals surface area contributed by atoms with Crippen LogP contribution in [-0.4, -0.2) is 54.0 Å². The lowest BCUT2D eigenvalue weighted by molar-refractivity contribution is 0.0497. The molecule has 1 amide bonds. The Morgan fingerprint density at radius 3 is 2.26 bits per heavy atom. The van der Waals surface area contributed by atoms with Gasteiger partial charge in [-0.25, -0.2) is 4.79 Å². The second-order valence-electron chi connectivity index (χ2n) is 6.13. The number of nitrogens with zero attached hydrogens (tertiary/aromatic N) is 2. The molecular weight excluding hydrogens is 262 g/mol. The van der Waals surface area contributed by atoms with Gasteiger partial charge < -0.3 is 15.0 Å². The van der Waals surface area contributed by atoms with Crippen LogP contribution < -0.4 is 5.32 Å². The first-order chi connectivity index (χ1) is 8.44. The van der Waals surface area contributed by atoms with Crippen LogP contribution in [0.5, 0.6) is 0 Å². The minimum atomic E-state index is -0.722. The molecular formula is C13H25N3O2S. The molecule has 0 bridgehead atoms. The number of ether oxygens (including phenoxy) is 1. The SMILES string of the molecule is CN(C)CC=NC(=S)C(C)(C)NC(=O)OC(C)(C)C. The number of amides is 1. The Bertz CT molecular complexity index is 357. The van der Waals surface area contributed by atoms with Gasteiger partial charge in [0.05, 0.1) is 5.54 Å². The minimum Gasteiger partial charge on any atom is -0.444 e. The summed E-state index contributed by atoms with van der Waals surface area (Å²) in [5, 5.41) is 2.72. The van der Waals surface area contributed by atoms with E-state index in [0.29, 0.717) is 11.5 Å². The Kier molecular flexibility index (Phi) is 6.59. The fourth-order valence-corrected chi connectivity index (χ4v) is 1.19. The van der Waals surface area contributed by atoms with Gasteiger partial charge in [0.2, 0.25) is 0 Å². The summed E-state index contributed by atoms with van der Waals surface area (Å²) in [6.45, 7) is 9.73. The summed E-state index contributed by atoms with van der Waals surface area (Å²) in [6.07, 6.45) is 1.23. The highest BCUT2D eigenvalue weighted by Gasteiger charge is 2.28. The van der Waals surface area contributed by atoms with Gasteiger partial charge in [-0.2, -0.15) is 0 Å². The maximum absolute atomic E-state index is 11.7. The molecule has 0 saturated carbocycles. The number of hydrogen-bond donors (Lipinski definition) is 1. The predicted molar refractivity (Wildman–Crippen MR) is 83.1 cm³/mol. The fraction of sp³-hybridized carbons (Fsp3) is 0.769. The third-order valence-corrected chi connectivity index (χ3v) is 2.62. The second kappa shape index (κ2) is 6.96. The van der Waals surface area contributed by atoms with E-state index in [1.54, 1.807) is 20.1 Å². The normalized spacial score (nSPS) is 12.8. The molecule has 1 N–H and O–H groups in total. The molecule has 0 aromatic heterocycles. The zero-order valence-corrected chi connectivity index (χ0v) is 13.7. The lowest BCUT2D eigenvalue weighted by Crippen LogP contribution is -2.50. The third-order valence-electron chi connectivity index (χ3n) is 2.00. The summed E-state index contributed by atoms with van der Waals surface area (Å²) in [4.78, 5) is 18.3. The Morgan fingerprint density at radius 2 is 1.84 bits per heavy atom. The van der Waals surface area contributed by atoms with Crippen molar-refractivity contribution in [2.75, 3.05) is 20.6 Å². The number of nitrogens with one attached hydrogen (secondary N) is 1. The highest BCUT2D eigenvalue weighted by molar-refractivity contribution is 7.80. The molecule has 19 heavy (non-hydrogen) atoms. The first-order valence-corrected chi connectivity index (χ1v) is 6.58. The number of aliphatic imine (C=N–C) groups is 1. The first-order valence-electron chi connectivity index (χ1n) is 6.17. The lowest BCUT2D eigenvalue weighted by Gasteiger charge is -2.27. The lowest BCUT2D eigenvalue weighted by atomic mass is 10.1. The molecule has 0 aliphatic rings. The zero-order chi connectivity index (χ0) is 15.3. The van der Waals surface area contributed by atoms with Gasteiger partial charge in [0.1, 0.15) is 10.6 Å². The van der Waals surface area contributed by atoms with Crippen molar-refractivity contribution in [1.29, 1.82) is 0 Å². The van der Waals surface area contributed by atoms with Crippen LogP contribution in [0, 0.1) is 0 Å². The maximum Gasteiger partial charge on any atom is 0.408 e. The van der Waals surface area contributed by atoms with Gasteiger partial charge in [-0.1, -0.05) is 12.2 Å². The average Bonchev–Trinajstić information content (AvgIpc) is 2.12. The van der Waals surface area contributed by atoms with Gasteiger partial charge >= 0.3 is 6.09 Å². The molecule has 0 atom stereocenters. The Hall–Kier alpha value is -1.01. The fourth-order valence-electron chi connectivity index (χ4n) is 1.06. The predicted octanol–water partition coefficient (Wildman–Crippen LogP) is 2.25. The van der Waals surface area contributed by atoms with Crippen molar-refractivity contribution < 1.29 is 9.53 Å². The van der Waals surface area contributed by atoms with Crippen LogP contribution >= 0.6 is 12.2 Å². The van der Waals surface area contributed by atoms with Crippen LogP contribution in [0.25, 0.3) is 0 Å². The van der Waals surface area contributed by atoms with Crippen molar-refractivity contribution in [3.63, 3.8) is 0 Å². The molecule has 0 spiro atoms. The van der Waals surface area contributed by atoms with Crippen molar-refractivity contribution in [1.82, 2.24) is 10.2 Å². The number of hydrogen-bond acceptors (Lipinski definition) is 4. The van der Waals surface area contributed by atoms with E-state index in [1.165, 1.54) is 0 Å². The second-order valence-corrected chi connectivity index (χ2v) is 6.52. The van der Waals surface area contributed by atoms with Gasteiger partial charge in [0.25, 0.3) is 0 Å². The van der Waals surface area contributed by atoms with Crippen molar-refractivity contribution in [2.24, 2.45) is 4.99 Å². The summed E-state index contributed by atoms with van der Waals surface area (Å²) >= 11 is 5.22. The van der Waals surface area contributed by atoms with E-state index >= 15 is 0 Å². The molecule has 5 nitrogen and oxygen atoms in total. The van der Waals surface area contributed by atoms with Crippen molar-refractivity contribution in [2.45, 2.75) is 45.8 Å². The standard InChI is InChI=1S/C13H25N3O2S/c1-12(2,3)18-11(17)15-13(4,5)10(19)14-8-9-16(6)7/h8H,9H2,1-7H3,(H,15,17). The molecule has 0 saturated heterocycles. The van der Waals surface area contributed by atoms with Gasteiger partial charge in [-0.15, -0.1) is 0 Å². The van der Waals surface area contributed by atoms with Gasteiger partial charge in [-0.05, 0) is 48.7 Å². The molecule has 0 aromatic rings. The summed E-state index contributed by atoms with van der Waals surface area (Å²) in [6, 6.07) is 0. The van der Waals surface area contributed by atoms with Gasteiger partial charge in [0.15, 0.2) is 0 Å². The molecule has 0 aliphatic heterocycles. The van der Waals surface area contributed by atoms with E-state index in [9.17, 15) is 4.79 Å². The van der Waals surface area contributed by atoms with Gasteiger partial charge in [-0.3, -0.25) is 4.99 Å².